The number of amides is 1. The van der Waals surface area contributed by atoms with Crippen LogP contribution in [0.1, 0.15) is 45.6 Å². The molecule has 148 valence electrons. The molecule has 1 aromatic heterocycles. The zero-order valence-corrected chi connectivity index (χ0v) is 16.5. The fraction of sp³-hybridized carbons (Fsp3) is 0.619. The van der Waals surface area contributed by atoms with Gasteiger partial charge in [-0.25, -0.2) is 4.79 Å². The molecule has 1 unspecified atom stereocenters. The van der Waals surface area contributed by atoms with Crippen LogP contribution in [0, 0.1) is 5.92 Å². The molecule has 6 heteroatoms. The maximum absolute atomic E-state index is 12.2. The molecule has 0 aliphatic carbocycles. The Morgan fingerprint density at radius 1 is 1.26 bits per heavy atom. The summed E-state index contributed by atoms with van der Waals surface area (Å²) in [6.45, 7) is 8.61. The largest absolute Gasteiger partial charge is 0.489 e. The zero-order valence-electron chi connectivity index (χ0n) is 16.5. The van der Waals surface area contributed by atoms with Gasteiger partial charge >= 0.3 is 6.09 Å². The number of nitrogens with zero attached hydrogens (tertiary/aromatic N) is 2. The zero-order chi connectivity index (χ0) is 19.3. The van der Waals surface area contributed by atoms with E-state index >= 15 is 0 Å². The van der Waals surface area contributed by atoms with E-state index in [9.17, 15) is 4.79 Å². The molecule has 1 aromatic rings. The Hall–Kier alpha value is -2.08. The lowest BCUT2D eigenvalue weighted by molar-refractivity contribution is 0.0253. The third kappa shape index (κ3) is 6.24. The monoisotopic (exact) mass is 374 g/mol. The minimum atomic E-state index is -0.457. The molecule has 0 bridgehead atoms. The average Bonchev–Trinajstić information content (AvgIpc) is 3.09. The van der Waals surface area contributed by atoms with Crippen molar-refractivity contribution in [1.82, 2.24) is 9.88 Å². The van der Waals surface area contributed by atoms with Crippen LogP contribution in [0.5, 0.6) is 5.75 Å². The first-order valence-electron chi connectivity index (χ1n) is 9.75. The van der Waals surface area contributed by atoms with Gasteiger partial charge in [0.15, 0.2) is 0 Å². The Labute approximate surface area is 161 Å². The fourth-order valence-electron chi connectivity index (χ4n) is 3.26. The number of hydrogen-bond donors (Lipinski definition) is 0. The number of carbonyl (C=O) groups is 1. The molecular weight excluding hydrogens is 344 g/mol. The van der Waals surface area contributed by atoms with Gasteiger partial charge in [-0.2, -0.15) is 0 Å². The lowest BCUT2D eigenvalue weighted by Crippen LogP contribution is -2.35. The molecule has 3 rings (SSSR count). The van der Waals surface area contributed by atoms with E-state index in [4.69, 9.17) is 14.2 Å². The summed E-state index contributed by atoms with van der Waals surface area (Å²) in [5, 5.41) is 0. The summed E-state index contributed by atoms with van der Waals surface area (Å²) in [7, 11) is 0. The Balaban J connectivity index is 1.52. The van der Waals surface area contributed by atoms with Crippen LogP contribution in [-0.4, -0.2) is 54.0 Å². The van der Waals surface area contributed by atoms with Crippen molar-refractivity contribution in [1.29, 1.82) is 0 Å². The van der Waals surface area contributed by atoms with Gasteiger partial charge in [0, 0.05) is 32.1 Å². The van der Waals surface area contributed by atoms with Crippen molar-refractivity contribution >= 4 is 12.2 Å². The summed E-state index contributed by atoms with van der Waals surface area (Å²) in [5.41, 5.74) is 0.553. The van der Waals surface area contributed by atoms with Crippen LogP contribution in [0.4, 0.5) is 4.79 Å². The normalized spacial score (nSPS) is 21.6. The van der Waals surface area contributed by atoms with Crippen LogP contribution in [0.15, 0.2) is 24.5 Å². The Morgan fingerprint density at radius 3 is 2.78 bits per heavy atom. The lowest BCUT2D eigenvalue weighted by atomic mass is 10.1. The summed E-state index contributed by atoms with van der Waals surface area (Å²) in [4.78, 5) is 18.2. The number of ether oxygens (including phenoxy) is 3. The molecular formula is C21H30N2O4. The predicted molar refractivity (Wildman–Crippen MR) is 104 cm³/mol. The van der Waals surface area contributed by atoms with Crippen molar-refractivity contribution in [3.63, 3.8) is 0 Å². The highest BCUT2D eigenvalue weighted by Crippen LogP contribution is 2.23. The summed E-state index contributed by atoms with van der Waals surface area (Å²) in [5.74, 6) is 1.13. The third-order valence-electron chi connectivity index (χ3n) is 4.64. The lowest BCUT2D eigenvalue weighted by Gasteiger charge is -2.24. The van der Waals surface area contributed by atoms with Crippen molar-refractivity contribution in [2.75, 3.05) is 26.3 Å². The van der Waals surface area contributed by atoms with E-state index in [2.05, 4.69) is 17.1 Å². The van der Waals surface area contributed by atoms with Crippen LogP contribution in [0.2, 0.25) is 0 Å². The minimum Gasteiger partial charge on any atom is -0.489 e. The highest BCUT2D eigenvalue weighted by Gasteiger charge is 2.28. The van der Waals surface area contributed by atoms with Crippen molar-refractivity contribution in [3.05, 3.63) is 30.1 Å². The molecule has 0 saturated carbocycles. The third-order valence-corrected chi connectivity index (χ3v) is 4.64. The number of pyridine rings is 1. The molecule has 2 fully saturated rings. The van der Waals surface area contributed by atoms with E-state index in [1.807, 2.05) is 33.0 Å². The maximum Gasteiger partial charge on any atom is 0.410 e. The Morgan fingerprint density at radius 2 is 2.04 bits per heavy atom. The van der Waals surface area contributed by atoms with Gasteiger partial charge in [0.05, 0.1) is 19.4 Å². The first-order valence-corrected chi connectivity index (χ1v) is 9.75. The van der Waals surface area contributed by atoms with E-state index in [-0.39, 0.29) is 12.2 Å². The number of likely N-dealkylation sites (tertiary alicyclic amines) is 1. The molecule has 1 amide bonds. The summed E-state index contributed by atoms with van der Waals surface area (Å²) in [6, 6.07) is 2.01. The number of carbonyl (C=O) groups excluding carboxylic acids is 1. The summed E-state index contributed by atoms with van der Waals surface area (Å²) < 4.78 is 16.8. The van der Waals surface area contributed by atoms with Crippen LogP contribution < -0.4 is 4.74 Å². The Kier molecular flexibility index (Phi) is 6.37. The van der Waals surface area contributed by atoms with Crippen LogP contribution >= 0.6 is 0 Å². The van der Waals surface area contributed by atoms with E-state index < -0.39 is 5.60 Å². The molecule has 0 radical (unpaired) electrons. The summed E-state index contributed by atoms with van der Waals surface area (Å²) in [6.07, 6.45) is 10.6. The van der Waals surface area contributed by atoms with E-state index in [1.54, 1.807) is 11.1 Å². The Bertz CT molecular complexity index is 662. The number of rotatable bonds is 4. The molecule has 2 aliphatic rings. The van der Waals surface area contributed by atoms with E-state index in [0.29, 0.717) is 12.5 Å². The summed E-state index contributed by atoms with van der Waals surface area (Å²) >= 11 is 0. The number of hydrogen-bond acceptors (Lipinski definition) is 5. The molecule has 0 aromatic carbocycles. The average molecular weight is 374 g/mol. The van der Waals surface area contributed by atoms with Gasteiger partial charge in [-0.05, 0) is 44.7 Å². The van der Waals surface area contributed by atoms with Gasteiger partial charge in [0.2, 0.25) is 0 Å². The van der Waals surface area contributed by atoms with Gasteiger partial charge in [-0.15, -0.1) is 0 Å². The van der Waals surface area contributed by atoms with Gasteiger partial charge in [-0.1, -0.05) is 12.2 Å². The second-order valence-corrected chi connectivity index (χ2v) is 8.22. The van der Waals surface area contributed by atoms with Crippen LogP contribution in [-0.2, 0) is 9.47 Å². The highest BCUT2D eigenvalue weighted by atomic mass is 16.6. The molecule has 27 heavy (non-hydrogen) atoms. The van der Waals surface area contributed by atoms with Gasteiger partial charge in [0.1, 0.15) is 17.5 Å². The predicted octanol–water partition coefficient (Wildman–Crippen LogP) is 3.91. The van der Waals surface area contributed by atoms with Gasteiger partial charge < -0.3 is 19.1 Å². The molecule has 2 aliphatic heterocycles. The molecule has 1 atom stereocenters. The molecule has 0 spiro atoms. The standard InChI is InChI=1S/C21H30N2O4/c1-21(2,3)27-20(24)23-9-6-16(15-23)4-5-17-12-19(14-22-13-17)26-18-7-10-25-11-8-18/h4-5,12-14,16,18H,6-11,15H2,1-3H3. The van der Waals surface area contributed by atoms with Crippen molar-refractivity contribution < 1.29 is 19.0 Å². The number of aromatic nitrogens is 1. The topological polar surface area (TPSA) is 60.9 Å². The van der Waals surface area contributed by atoms with Gasteiger partial charge in [0.25, 0.3) is 0 Å². The first-order chi connectivity index (χ1) is 12.9. The SMILES string of the molecule is CC(C)(C)OC(=O)N1CCC(C=Cc2cncc(OC3CCOCC3)c2)C1. The van der Waals surface area contributed by atoms with E-state index in [1.165, 1.54) is 0 Å². The van der Waals surface area contributed by atoms with Crippen LogP contribution in [0.3, 0.4) is 0 Å². The minimum absolute atomic E-state index is 0.206. The van der Waals surface area contributed by atoms with Crippen molar-refractivity contribution in [3.8, 4) is 5.75 Å². The molecule has 2 saturated heterocycles. The second-order valence-electron chi connectivity index (χ2n) is 8.22. The van der Waals surface area contributed by atoms with Crippen molar-refractivity contribution in [2.24, 2.45) is 5.92 Å². The van der Waals surface area contributed by atoms with Gasteiger partial charge in [-0.3, -0.25) is 4.98 Å². The quantitative estimate of drug-likeness (QED) is 0.800. The molecule has 6 nitrogen and oxygen atoms in total. The first kappa shape index (κ1) is 19.7. The second kappa shape index (κ2) is 8.74. The maximum atomic E-state index is 12.2. The fourth-order valence-corrected chi connectivity index (χ4v) is 3.26. The smallest absolute Gasteiger partial charge is 0.410 e. The van der Waals surface area contributed by atoms with Crippen LogP contribution in [0.25, 0.3) is 6.08 Å². The highest BCUT2D eigenvalue weighted by molar-refractivity contribution is 5.68. The molecule has 0 N–H and O–H groups in total. The van der Waals surface area contributed by atoms with Crippen molar-refractivity contribution in [2.45, 2.75) is 51.7 Å². The molecule has 3 heterocycles. The van der Waals surface area contributed by atoms with E-state index in [0.717, 1.165) is 50.3 Å².